The van der Waals surface area contributed by atoms with Crippen LogP contribution < -0.4 is 4.74 Å². The number of aliphatic hydroxyl groups excluding tert-OH is 1. The molecule has 1 aromatic carbocycles. The predicted molar refractivity (Wildman–Crippen MR) is 76.7 cm³/mol. The van der Waals surface area contributed by atoms with Crippen molar-refractivity contribution in [3.8, 4) is 5.75 Å². The fourth-order valence-corrected chi connectivity index (χ4v) is 2.49. The van der Waals surface area contributed by atoms with Crippen LogP contribution in [0, 0.1) is 0 Å². The first kappa shape index (κ1) is 13.5. The zero-order valence-corrected chi connectivity index (χ0v) is 12.8. The maximum atomic E-state index is 10.4. The van der Waals surface area contributed by atoms with Gasteiger partial charge >= 0.3 is 0 Å². The molecule has 18 heavy (non-hydrogen) atoms. The molecule has 0 bridgehead atoms. The Hall–Kier alpha value is -0.910. The van der Waals surface area contributed by atoms with Crippen LogP contribution in [0.4, 0.5) is 0 Å². The summed E-state index contributed by atoms with van der Waals surface area (Å²) in [5.41, 5.74) is 1.24. The Bertz CT molecular complexity index is 560. The number of aromatic nitrogens is 1. The van der Waals surface area contributed by atoms with Crippen LogP contribution in [0.2, 0.25) is 0 Å². The fourth-order valence-electron chi connectivity index (χ4n) is 1.65. The van der Waals surface area contributed by atoms with Gasteiger partial charge in [0.2, 0.25) is 0 Å². The quantitative estimate of drug-likeness (QED) is 0.893. The molecule has 5 heteroatoms. The van der Waals surface area contributed by atoms with Crippen molar-refractivity contribution in [3.05, 3.63) is 56.7 Å². The summed E-state index contributed by atoms with van der Waals surface area (Å²) in [5, 5.41) is 10.4. The summed E-state index contributed by atoms with van der Waals surface area (Å²) in [6, 6.07) is 9.17. The lowest BCUT2D eigenvalue weighted by Crippen LogP contribution is -2.05. The first-order chi connectivity index (χ1) is 8.63. The number of methoxy groups -OCH3 is 1. The van der Waals surface area contributed by atoms with E-state index in [-0.39, 0.29) is 0 Å². The third kappa shape index (κ3) is 2.74. The van der Waals surface area contributed by atoms with Gasteiger partial charge in [0.05, 0.1) is 7.11 Å². The maximum Gasteiger partial charge on any atom is 0.143 e. The first-order valence-electron chi connectivity index (χ1n) is 5.25. The minimum atomic E-state index is -0.840. The highest BCUT2D eigenvalue weighted by atomic mass is 79.9. The van der Waals surface area contributed by atoms with E-state index in [0.29, 0.717) is 11.4 Å². The summed E-state index contributed by atoms with van der Waals surface area (Å²) in [6.45, 7) is 0. The summed E-state index contributed by atoms with van der Waals surface area (Å²) < 4.78 is 6.93. The van der Waals surface area contributed by atoms with Crippen LogP contribution in [-0.2, 0) is 0 Å². The SMILES string of the molecule is COc1cccnc1C(O)c1cc(Br)ccc1Br. The number of rotatable bonds is 3. The van der Waals surface area contributed by atoms with Crippen molar-refractivity contribution in [2.24, 2.45) is 0 Å². The molecule has 0 spiro atoms. The van der Waals surface area contributed by atoms with Gasteiger partial charge in [0, 0.05) is 20.7 Å². The molecule has 0 aliphatic carbocycles. The average molecular weight is 373 g/mol. The van der Waals surface area contributed by atoms with Crippen LogP contribution in [0.25, 0.3) is 0 Å². The monoisotopic (exact) mass is 371 g/mol. The minimum absolute atomic E-state index is 0.499. The van der Waals surface area contributed by atoms with Gasteiger partial charge in [-0.05, 0) is 30.3 Å². The highest BCUT2D eigenvalue weighted by Crippen LogP contribution is 2.33. The van der Waals surface area contributed by atoms with Gasteiger partial charge in [-0.25, -0.2) is 0 Å². The van der Waals surface area contributed by atoms with Crippen LogP contribution in [0.1, 0.15) is 17.4 Å². The molecule has 0 amide bonds. The zero-order valence-electron chi connectivity index (χ0n) is 9.60. The third-order valence-electron chi connectivity index (χ3n) is 2.53. The molecule has 0 radical (unpaired) electrons. The Morgan fingerprint density at radius 3 is 2.78 bits per heavy atom. The molecule has 1 atom stereocenters. The Kier molecular flexibility index (Phi) is 4.37. The van der Waals surface area contributed by atoms with E-state index >= 15 is 0 Å². The van der Waals surface area contributed by atoms with Crippen molar-refractivity contribution in [3.63, 3.8) is 0 Å². The Labute approximate surface area is 122 Å². The summed E-state index contributed by atoms with van der Waals surface area (Å²) in [6.07, 6.45) is 0.792. The highest BCUT2D eigenvalue weighted by Gasteiger charge is 2.19. The van der Waals surface area contributed by atoms with Gasteiger partial charge in [0.15, 0.2) is 0 Å². The maximum absolute atomic E-state index is 10.4. The van der Waals surface area contributed by atoms with E-state index in [1.807, 2.05) is 18.2 Å². The number of aliphatic hydroxyl groups is 1. The minimum Gasteiger partial charge on any atom is -0.495 e. The average Bonchev–Trinajstić information content (AvgIpc) is 2.40. The second-order valence-electron chi connectivity index (χ2n) is 3.66. The number of hydrogen-bond acceptors (Lipinski definition) is 3. The van der Waals surface area contributed by atoms with Crippen molar-refractivity contribution in [1.29, 1.82) is 0 Å². The van der Waals surface area contributed by atoms with E-state index < -0.39 is 6.10 Å². The topological polar surface area (TPSA) is 42.4 Å². The third-order valence-corrected chi connectivity index (χ3v) is 3.75. The van der Waals surface area contributed by atoms with E-state index in [9.17, 15) is 5.11 Å². The molecule has 0 saturated heterocycles. The summed E-state index contributed by atoms with van der Waals surface area (Å²) >= 11 is 6.81. The molecule has 1 aromatic heterocycles. The van der Waals surface area contributed by atoms with Gasteiger partial charge in [-0.2, -0.15) is 0 Å². The van der Waals surface area contributed by atoms with Crippen molar-refractivity contribution in [2.45, 2.75) is 6.10 Å². The van der Waals surface area contributed by atoms with E-state index in [0.717, 1.165) is 14.5 Å². The number of nitrogens with zero attached hydrogens (tertiary/aromatic N) is 1. The molecule has 0 aliphatic heterocycles. The molecule has 0 saturated carbocycles. The molecule has 0 fully saturated rings. The van der Waals surface area contributed by atoms with Gasteiger partial charge in [-0.1, -0.05) is 31.9 Å². The molecule has 0 aliphatic rings. The Balaban J connectivity index is 2.47. The van der Waals surface area contributed by atoms with Crippen LogP contribution in [-0.4, -0.2) is 17.2 Å². The largest absolute Gasteiger partial charge is 0.495 e. The number of pyridine rings is 1. The Morgan fingerprint density at radius 1 is 1.28 bits per heavy atom. The van der Waals surface area contributed by atoms with Crippen LogP contribution >= 0.6 is 31.9 Å². The van der Waals surface area contributed by atoms with Crippen LogP contribution in [0.3, 0.4) is 0 Å². The molecule has 1 N–H and O–H groups in total. The van der Waals surface area contributed by atoms with Crippen molar-refractivity contribution < 1.29 is 9.84 Å². The molecular formula is C13H11Br2NO2. The Morgan fingerprint density at radius 2 is 2.06 bits per heavy atom. The summed E-state index contributed by atoms with van der Waals surface area (Å²) in [5.74, 6) is 0.567. The second kappa shape index (κ2) is 5.82. The molecule has 2 aromatic rings. The van der Waals surface area contributed by atoms with E-state index in [1.165, 1.54) is 0 Å². The van der Waals surface area contributed by atoms with Crippen molar-refractivity contribution in [1.82, 2.24) is 4.98 Å². The smallest absolute Gasteiger partial charge is 0.143 e. The standard InChI is InChI=1S/C13H11Br2NO2/c1-18-11-3-2-6-16-12(11)13(17)9-7-8(14)4-5-10(9)15/h2-7,13,17H,1H3. The summed E-state index contributed by atoms with van der Waals surface area (Å²) in [7, 11) is 1.56. The lowest BCUT2D eigenvalue weighted by molar-refractivity contribution is 0.208. The van der Waals surface area contributed by atoms with Crippen molar-refractivity contribution in [2.75, 3.05) is 7.11 Å². The fraction of sp³-hybridized carbons (Fsp3) is 0.154. The van der Waals surface area contributed by atoms with Gasteiger partial charge in [0.25, 0.3) is 0 Å². The zero-order chi connectivity index (χ0) is 13.1. The van der Waals surface area contributed by atoms with E-state index in [1.54, 1.807) is 25.4 Å². The van der Waals surface area contributed by atoms with E-state index in [4.69, 9.17) is 4.74 Å². The van der Waals surface area contributed by atoms with Gasteiger partial charge in [-0.3, -0.25) is 4.98 Å². The molecule has 1 heterocycles. The molecule has 2 rings (SSSR count). The molecule has 1 unspecified atom stereocenters. The van der Waals surface area contributed by atoms with Crippen LogP contribution in [0.15, 0.2) is 45.5 Å². The van der Waals surface area contributed by atoms with E-state index in [2.05, 4.69) is 36.8 Å². The lowest BCUT2D eigenvalue weighted by atomic mass is 10.1. The molecular weight excluding hydrogens is 362 g/mol. The number of benzene rings is 1. The number of hydrogen-bond donors (Lipinski definition) is 1. The normalized spacial score (nSPS) is 12.2. The second-order valence-corrected chi connectivity index (χ2v) is 5.43. The summed E-state index contributed by atoms with van der Waals surface area (Å²) in [4.78, 5) is 4.19. The van der Waals surface area contributed by atoms with Gasteiger partial charge in [-0.15, -0.1) is 0 Å². The first-order valence-corrected chi connectivity index (χ1v) is 6.84. The number of halogens is 2. The van der Waals surface area contributed by atoms with Crippen molar-refractivity contribution >= 4 is 31.9 Å². The van der Waals surface area contributed by atoms with Gasteiger partial charge in [0.1, 0.15) is 17.5 Å². The highest BCUT2D eigenvalue weighted by molar-refractivity contribution is 9.11. The molecule has 94 valence electrons. The molecule has 3 nitrogen and oxygen atoms in total. The lowest BCUT2D eigenvalue weighted by Gasteiger charge is -2.15. The van der Waals surface area contributed by atoms with Crippen LogP contribution in [0.5, 0.6) is 5.75 Å². The van der Waals surface area contributed by atoms with Gasteiger partial charge < -0.3 is 9.84 Å². The predicted octanol–water partition coefficient (Wildman–Crippen LogP) is 3.70. The number of ether oxygens (including phenoxy) is 1.